The minimum atomic E-state index is 0.833. The summed E-state index contributed by atoms with van der Waals surface area (Å²) in [6, 6.07) is 10.4. The molecule has 0 radical (unpaired) electrons. The molecule has 2 unspecified atom stereocenters. The SMILES string of the molecule is COc1cccc2ccc(CN3CC4CNCC4C3)nc12. The molecule has 2 fully saturated rings. The minimum absolute atomic E-state index is 0.833. The molecule has 2 aliphatic rings. The van der Waals surface area contributed by atoms with Crippen LogP contribution in [-0.4, -0.2) is 43.2 Å². The van der Waals surface area contributed by atoms with Gasteiger partial charge in [0.2, 0.25) is 0 Å². The second-order valence-corrected chi connectivity index (χ2v) is 6.21. The van der Waals surface area contributed by atoms with Crippen molar-refractivity contribution < 1.29 is 4.74 Å². The smallest absolute Gasteiger partial charge is 0.145 e. The molecule has 0 aliphatic carbocycles. The van der Waals surface area contributed by atoms with Crippen molar-refractivity contribution in [1.29, 1.82) is 0 Å². The van der Waals surface area contributed by atoms with Gasteiger partial charge in [0.05, 0.1) is 12.8 Å². The molecule has 0 amide bonds. The molecule has 110 valence electrons. The average Bonchev–Trinajstić information content (AvgIpc) is 3.07. The van der Waals surface area contributed by atoms with Crippen LogP contribution in [0.1, 0.15) is 5.69 Å². The predicted octanol–water partition coefficient (Wildman–Crippen LogP) is 1.89. The first kappa shape index (κ1) is 13.0. The number of para-hydroxylation sites is 1. The maximum absolute atomic E-state index is 5.43. The van der Waals surface area contributed by atoms with Crippen molar-refractivity contribution in [2.24, 2.45) is 11.8 Å². The normalized spacial score (nSPS) is 25.4. The van der Waals surface area contributed by atoms with E-state index in [1.54, 1.807) is 7.11 Å². The molecule has 4 rings (SSSR count). The van der Waals surface area contributed by atoms with Crippen molar-refractivity contribution in [3.05, 3.63) is 36.0 Å². The molecule has 2 saturated heterocycles. The lowest BCUT2D eigenvalue weighted by Crippen LogP contribution is -2.25. The van der Waals surface area contributed by atoms with Crippen LogP contribution in [0.5, 0.6) is 5.75 Å². The number of likely N-dealkylation sites (tertiary alicyclic amines) is 1. The van der Waals surface area contributed by atoms with Gasteiger partial charge >= 0.3 is 0 Å². The van der Waals surface area contributed by atoms with Crippen molar-refractivity contribution in [1.82, 2.24) is 15.2 Å². The topological polar surface area (TPSA) is 37.4 Å². The van der Waals surface area contributed by atoms with Gasteiger partial charge in [0.25, 0.3) is 0 Å². The van der Waals surface area contributed by atoms with Gasteiger partial charge in [-0.25, -0.2) is 4.98 Å². The van der Waals surface area contributed by atoms with E-state index in [2.05, 4.69) is 28.4 Å². The highest BCUT2D eigenvalue weighted by Crippen LogP contribution is 2.28. The second-order valence-electron chi connectivity index (χ2n) is 6.21. The number of nitrogens with one attached hydrogen (secondary N) is 1. The number of hydrogen-bond acceptors (Lipinski definition) is 4. The first-order valence-corrected chi connectivity index (χ1v) is 7.69. The molecular weight excluding hydrogens is 262 g/mol. The summed E-state index contributed by atoms with van der Waals surface area (Å²) in [5.74, 6) is 2.52. The molecule has 4 heteroatoms. The highest BCUT2D eigenvalue weighted by atomic mass is 16.5. The van der Waals surface area contributed by atoms with Crippen molar-refractivity contribution in [3.8, 4) is 5.75 Å². The third-order valence-corrected chi connectivity index (χ3v) is 4.81. The molecule has 2 atom stereocenters. The van der Waals surface area contributed by atoms with E-state index in [4.69, 9.17) is 9.72 Å². The summed E-state index contributed by atoms with van der Waals surface area (Å²) in [6.07, 6.45) is 0. The van der Waals surface area contributed by atoms with E-state index in [1.807, 2.05) is 12.1 Å². The van der Waals surface area contributed by atoms with Crippen LogP contribution < -0.4 is 10.1 Å². The maximum Gasteiger partial charge on any atom is 0.145 e. The molecule has 0 spiro atoms. The second kappa shape index (κ2) is 5.28. The van der Waals surface area contributed by atoms with Crippen molar-refractivity contribution in [2.45, 2.75) is 6.54 Å². The van der Waals surface area contributed by atoms with E-state index >= 15 is 0 Å². The average molecular weight is 283 g/mol. The van der Waals surface area contributed by atoms with E-state index in [0.717, 1.165) is 40.7 Å². The Morgan fingerprint density at radius 1 is 1.19 bits per heavy atom. The number of hydrogen-bond donors (Lipinski definition) is 1. The lowest BCUT2D eigenvalue weighted by Gasteiger charge is -2.17. The molecule has 2 aromatic rings. The van der Waals surface area contributed by atoms with E-state index in [9.17, 15) is 0 Å². The molecule has 4 nitrogen and oxygen atoms in total. The van der Waals surface area contributed by atoms with Crippen LogP contribution in [0.25, 0.3) is 10.9 Å². The quantitative estimate of drug-likeness (QED) is 0.933. The Morgan fingerprint density at radius 3 is 2.76 bits per heavy atom. The van der Waals surface area contributed by atoms with Gasteiger partial charge in [-0.3, -0.25) is 4.90 Å². The number of rotatable bonds is 3. The molecular formula is C17H21N3O. The summed E-state index contributed by atoms with van der Waals surface area (Å²) in [7, 11) is 1.71. The molecule has 21 heavy (non-hydrogen) atoms. The fourth-order valence-electron chi connectivity index (χ4n) is 3.72. The van der Waals surface area contributed by atoms with Gasteiger partial charge in [-0.05, 0) is 37.1 Å². The van der Waals surface area contributed by atoms with E-state index < -0.39 is 0 Å². The Balaban J connectivity index is 1.57. The van der Waals surface area contributed by atoms with Gasteiger partial charge in [-0.15, -0.1) is 0 Å². The Morgan fingerprint density at radius 2 is 2.00 bits per heavy atom. The van der Waals surface area contributed by atoms with Crippen LogP contribution in [0, 0.1) is 11.8 Å². The van der Waals surface area contributed by atoms with Crippen LogP contribution in [0.4, 0.5) is 0 Å². The van der Waals surface area contributed by atoms with E-state index in [0.29, 0.717) is 0 Å². The minimum Gasteiger partial charge on any atom is -0.494 e. The number of aromatic nitrogens is 1. The highest BCUT2D eigenvalue weighted by Gasteiger charge is 2.35. The van der Waals surface area contributed by atoms with Gasteiger partial charge < -0.3 is 10.1 Å². The Bertz CT molecular complexity index is 646. The first-order chi connectivity index (χ1) is 10.3. The maximum atomic E-state index is 5.43. The van der Waals surface area contributed by atoms with Gasteiger partial charge in [-0.1, -0.05) is 18.2 Å². The number of methoxy groups -OCH3 is 1. The zero-order valence-electron chi connectivity index (χ0n) is 12.4. The molecule has 3 heterocycles. The van der Waals surface area contributed by atoms with Crippen LogP contribution in [-0.2, 0) is 6.54 Å². The van der Waals surface area contributed by atoms with Crippen molar-refractivity contribution in [2.75, 3.05) is 33.3 Å². The molecule has 0 saturated carbocycles. The number of nitrogens with zero attached hydrogens (tertiary/aromatic N) is 2. The summed E-state index contributed by atoms with van der Waals surface area (Å²) >= 11 is 0. The molecule has 2 aliphatic heterocycles. The van der Waals surface area contributed by atoms with Gasteiger partial charge in [-0.2, -0.15) is 0 Å². The highest BCUT2D eigenvalue weighted by molar-refractivity contribution is 5.84. The number of fused-ring (bicyclic) bond motifs is 2. The molecule has 1 N–H and O–H groups in total. The number of ether oxygens (including phenoxy) is 1. The summed E-state index contributed by atoms with van der Waals surface area (Å²) in [5, 5.41) is 4.63. The summed E-state index contributed by atoms with van der Waals surface area (Å²) in [4.78, 5) is 7.36. The Labute approximate surface area is 125 Å². The zero-order valence-corrected chi connectivity index (χ0v) is 12.4. The summed E-state index contributed by atoms with van der Waals surface area (Å²) < 4.78 is 5.43. The largest absolute Gasteiger partial charge is 0.494 e. The lowest BCUT2D eigenvalue weighted by molar-refractivity contribution is 0.302. The fraction of sp³-hybridized carbons (Fsp3) is 0.471. The summed E-state index contributed by atoms with van der Waals surface area (Å²) in [5.41, 5.74) is 2.11. The van der Waals surface area contributed by atoms with Crippen molar-refractivity contribution >= 4 is 10.9 Å². The number of pyridine rings is 1. The van der Waals surface area contributed by atoms with Crippen LogP contribution in [0.3, 0.4) is 0 Å². The first-order valence-electron chi connectivity index (χ1n) is 7.69. The van der Waals surface area contributed by atoms with E-state index in [-0.39, 0.29) is 0 Å². The third kappa shape index (κ3) is 2.39. The van der Waals surface area contributed by atoms with Crippen LogP contribution >= 0.6 is 0 Å². The third-order valence-electron chi connectivity index (χ3n) is 4.81. The van der Waals surface area contributed by atoms with Crippen molar-refractivity contribution in [3.63, 3.8) is 0 Å². The van der Waals surface area contributed by atoms with Crippen LogP contribution in [0.2, 0.25) is 0 Å². The lowest BCUT2D eigenvalue weighted by atomic mass is 10.0. The molecule has 1 aromatic carbocycles. The number of benzene rings is 1. The van der Waals surface area contributed by atoms with E-state index in [1.165, 1.54) is 26.2 Å². The van der Waals surface area contributed by atoms with Gasteiger partial charge in [0, 0.05) is 25.0 Å². The van der Waals surface area contributed by atoms with Gasteiger partial charge in [0.15, 0.2) is 0 Å². The Hall–Kier alpha value is -1.65. The summed E-state index contributed by atoms with van der Waals surface area (Å²) in [6.45, 7) is 5.70. The predicted molar refractivity (Wildman–Crippen MR) is 83.4 cm³/mol. The Kier molecular flexibility index (Phi) is 3.28. The zero-order chi connectivity index (χ0) is 14.2. The molecule has 1 aromatic heterocycles. The van der Waals surface area contributed by atoms with Crippen LogP contribution in [0.15, 0.2) is 30.3 Å². The molecule has 0 bridgehead atoms. The fourth-order valence-corrected chi connectivity index (χ4v) is 3.72. The standard InChI is InChI=1S/C17H21N3O/c1-21-16-4-2-3-12-5-6-15(19-17(12)16)11-20-9-13-7-18-8-14(13)10-20/h2-6,13-14,18H,7-11H2,1H3. The monoisotopic (exact) mass is 283 g/mol. The van der Waals surface area contributed by atoms with Gasteiger partial charge in [0.1, 0.15) is 11.3 Å².